The molecule has 0 spiro atoms. The van der Waals surface area contributed by atoms with E-state index in [1.54, 1.807) is 13.2 Å². The van der Waals surface area contributed by atoms with Crippen molar-refractivity contribution in [3.05, 3.63) is 95.8 Å². The lowest BCUT2D eigenvalue weighted by molar-refractivity contribution is 0.264. The van der Waals surface area contributed by atoms with Gasteiger partial charge in [-0.05, 0) is 48.4 Å². The zero-order valence-electron chi connectivity index (χ0n) is 18.0. The monoisotopic (exact) mass is 448 g/mol. The molecule has 0 unspecified atom stereocenters. The van der Waals surface area contributed by atoms with E-state index >= 15 is 0 Å². The zero-order chi connectivity index (χ0) is 22.3. The highest BCUT2D eigenvalue weighted by atomic mass is 35.5. The average Bonchev–Trinajstić information content (AvgIpc) is 3.17. The molecule has 6 heteroatoms. The lowest BCUT2D eigenvalue weighted by Gasteiger charge is -2.14. The maximum Gasteiger partial charge on any atom is 0.161 e. The summed E-state index contributed by atoms with van der Waals surface area (Å²) in [5, 5.41) is 0.575. The maximum absolute atomic E-state index is 6.23. The van der Waals surface area contributed by atoms with Gasteiger partial charge in [0.15, 0.2) is 11.5 Å². The standard InChI is InChI=1S/C26H25ClN2O3/c1-3-8-19-13-14-24(25(17-19)30-2)31-16-15-29-22-11-6-5-10-21(22)28-26(29)18-32-23-12-7-4-9-20(23)27/h3-7,9-14,17H,1,8,15-16,18H2,2H3. The number of benzene rings is 3. The van der Waals surface area contributed by atoms with Crippen molar-refractivity contribution in [2.75, 3.05) is 13.7 Å². The van der Waals surface area contributed by atoms with E-state index in [0.717, 1.165) is 28.8 Å². The first kappa shape index (κ1) is 21.8. The van der Waals surface area contributed by atoms with Crippen LogP contribution in [0.3, 0.4) is 0 Å². The number of fused-ring (bicyclic) bond motifs is 1. The fraction of sp³-hybridized carbons (Fsp3) is 0.192. The molecule has 0 saturated heterocycles. The van der Waals surface area contributed by atoms with Crippen LogP contribution >= 0.6 is 11.6 Å². The van der Waals surface area contributed by atoms with Crippen molar-refractivity contribution in [2.24, 2.45) is 0 Å². The summed E-state index contributed by atoms with van der Waals surface area (Å²) in [5.41, 5.74) is 3.07. The zero-order valence-corrected chi connectivity index (χ0v) is 18.7. The van der Waals surface area contributed by atoms with Gasteiger partial charge in [0.25, 0.3) is 0 Å². The van der Waals surface area contributed by atoms with Gasteiger partial charge in [0, 0.05) is 0 Å². The minimum atomic E-state index is 0.304. The Morgan fingerprint density at radius 1 is 0.969 bits per heavy atom. The number of nitrogens with zero attached hydrogens (tertiary/aromatic N) is 2. The van der Waals surface area contributed by atoms with E-state index in [1.807, 2.05) is 66.7 Å². The Balaban J connectivity index is 1.50. The van der Waals surface area contributed by atoms with Crippen molar-refractivity contribution in [1.29, 1.82) is 0 Å². The molecule has 0 N–H and O–H groups in total. The topological polar surface area (TPSA) is 45.5 Å². The third kappa shape index (κ3) is 4.89. The second-order valence-corrected chi connectivity index (χ2v) is 7.62. The first-order valence-corrected chi connectivity index (χ1v) is 10.8. The Morgan fingerprint density at radius 3 is 2.59 bits per heavy atom. The van der Waals surface area contributed by atoms with E-state index in [1.165, 1.54) is 0 Å². The SMILES string of the molecule is C=CCc1ccc(OCCn2c(COc3ccccc3Cl)nc3ccccc32)c(OC)c1. The van der Waals surface area contributed by atoms with Crippen LogP contribution in [0.5, 0.6) is 17.2 Å². The molecule has 0 fully saturated rings. The van der Waals surface area contributed by atoms with Gasteiger partial charge < -0.3 is 18.8 Å². The number of aromatic nitrogens is 2. The van der Waals surface area contributed by atoms with E-state index in [4.69, 9.17) is 30.8 Å². The van der Waals surface area contributed by atoms with Crippen LogP contribution in [-0.4, -0.2) is 23.3 Å². The summed E-state index contributed by atoms with van der Waals surface area (Å²) in [4.78, 5) is 4.75. The molecule has 32 heavy (non-hydrogen) atoms. The summed E-state index contributed by atoms with van der Waals surface area (Å²) in [6.45, 7) is 5.15. The van der Waals surface area contributed by atoms with Gasteiger partial charge in [-0.15, -0.1) is 6.58 Å². The molecule has 1 heterocycles. The van der Waals surface area contributed by atoms with Crippen LogP contribution in [0.4, 0.5) is 0 Å². The molecule has 3 aromatic carbocycles. The van der Waals surface area contributed by atoms with Crippen LogP contribution in [0.2, 0.25) is 5.02 Å². The van der Waals surface area contributed by atoms with Crippen molar-refractivity contribution in [2.45, 2.75) is 19.6 Å². The number of methoxy groups -OCH3 is 1. The van der Waals surface area contributed by atoms with E-state index in [-0.39, 0.29) is 0 Å². The Hall–Kier alpha value is -3.44. The number of imidazole rings is 1. The van der Waals surface area contributed by atoms with Crippen molar-refractivity contribution in [3.63, 3.8) is 0 Å². The molecule has 0 aliphatic heterocycles. The lowest BCUT2D eigenvalue weighted by Crippen LogP contribution is -2.13. The largest absolute Gasteiger partial charge is 0.493 e. The van der Waals surface area contributed by atoms with E-state index in [9.17, 15) is 0 Å². The first-order chi connectivity index (χ1) is 15.7. The van der Waals surface area contributed by atoms with Gasteiger partial charge in [-0.25, -0.2) is 4.98 Å². The normalized spacial score (nSPS) is 10.8. The van der Waals surface area contributed by atoms with Gasteiger partial charge in [-0.3, -0.25) is 0 Å². The number of halogens is 1. The highest BCUT2D eigenvalue weighted by molar-refractivity contribution is 6.32. The second kappa shape index (κ2) is 10.2. The summed E-state index contributed by atoms with van der Waals surface area (Å²) in [5.74, 6) is 2.86. The Kier molecular flexibility index (Phi) is 6.97. The van der Waals surface area contributed by atoms with Crippen LogP contribution in [0.15, 0.2) is 79.4 Å². The molecule has 0 radical (unpaired) electrons. The third-order valence-corrected chi connectivity index (χ3v) is 5.42. The van der Waals surface area contributed by atoms with Gasteiger partial charge in [-0.2, -0.15) is 0 Å². The quantitative estimate of drug-likeness (QED) is 0.275. The minimum absolute atomic E-state index is 0.304. The molecule has 1 aromatic heterocycles. The smallest absolute Gasteiger partial charge is 0.161 e. The summed E-state index contributed by atoms with van der Waals surface area (Å²) >= 11 is 6.23. The first-order valence-electron chi connectivity index (χ1n) is 10.4. The predicted octanol–water partition coefficient (Wildman–Crippen LogP) is 6.08. The molecule has 0 aliphatic carbocycles. The summed E-state index contributed by atoms with van der Waals surface area (Å²) in [6.07, 6.45) is 2.65. The predicted molar refractivity (Wildman–Crippen MR) is 128 cm³/mol. The highest BCUT2D eigenvalue weighted by Crippen LogP contribution is 2.29. The number of hydrogen-bond acceptors (Lipinski definition) is 4. The van der Waals surface area contributed by atoms with Crippen molar-refractivity contribution >= 4 is 22.6 Å². The Morgan fingerprint density at radius 2 is 1.78 bits per heavy atom. The van der Waals surface area contributed by atoms with E-state index in [2.05, 4.69) is 11.1 Å². The number of hydrogen-bond donors (Lipinski definition) is 0. The third-order valence-electron chi connectivity index (χ3n) is 5.11. The van der Waals surface area contributed by atoms with Gasteiger partial charge in [0.1, 0.15) is 24.8 Å². The van der Waals surface area contributed by atoms with Crippen LogP contribution in [0.25, 0.3) is 11.0 Å². The van der Waals surface area contributed by atoms with E-state index in [0.29, 0.717) is 42.0 Å². The fourth-order valence-corrected chi connectivity index (χ4v) is 3.75. The number of para-hydroxylation sites is 3. The average molecular weight is 449 g/mol. The van der Waals surface area contributed by atoms with Crippen LogP contribution in [0, 0.1) is 0 Å². The number of allylic oxidation sites excluding steroid dienone is 1. The maximum atomic E-state index is 6.23. The summed E-state index contributed by atoms with van der Waals surface area (Å²) in [7, 11) is 1.65. The molecule has 164 valence electrons. The molecule has 0 atom stereocenters. The second-order valence-electron chi connectivity index (χ2n) is 7.21. The van der Waals surface area contributed by atoms with Crippen LogP contribution < -0.4 is 14.2 Å². The van der Waals surface area contributed by atoms with Crippen molar-refractivity contribution in [3.8, 4) is 17.2 Å². The molecule has 5 nitrogen and oxygen atoms in total. The Bertz CT molecular complexity index is 1220. The fourth-order valence-electron chi connectivity index (χ4n) is 3.56. The summed E-state index contributed by atoms with van der Waals surface area (Å²) in [6, 6.07) is 21.4. The lowest BCUT2D eigenvalue weighted by atomic mass is 10.1. The van der Waals surface area contributed by atoms with Gasteiger partial charge in [0.2, 0.25) is 0 Å². The molecule has 0 saturated carbocycles. The van der Waals surface area contributed by atoms with Gasteiger partial charge in [-0.1, -0.05) is 48.0 Å². The highest BCUT2D eigenvalue weighted by Gasteiger charge is 2.13. The molecular weight excluding hydrogens is 424 g/mol. The number of ether oxygens (including phenoxy) is 3. The van der Waals surface area contributed by atoms with Crippen molar-refractivity contribution < 1.29 is 14.2 Å². The van der Waals surface area contributed by atoms with Gasteiger partial charge >= 0.3 is 0 Å². The summed E-state index contributed by atoms with van der Waals surface area (Å²) < 4.78 is 19.6. The molecule has 0 bridgehead atoms. The number of rotatable bonds is 10. The molecule has 0 aliphatic rings. The van der Waals surface area contributed by atoms with Gasteiger partial charge in [0.05, 0.1) is 29.7 Å². The Labute approximate surface area is 192 Å². The minimum Gasteiger partial charge on any atom is -0.493 e. The molecule has 0 amide bonds. The van der Waals surface area contributed by atoms with E-state index < -0.39 is 0 Å². The molecule has 4 aromatic rings. The molecule has 4 rings (SSSR count). The van der Waals surface area contributed by atoms with Crippen LogP contribution in [-0.2, 0) is 19.6 Å². The molecular formula is C26H25ClN2O3. The van der Waals surface area contributed by atoms with Crippen molar-refractivity contribution in [1.82, 2.24) is 9.55 Å². The van der Waals surface area contributed by atoms with Crippen LogP contribution in [0.1, 0.15) is 11.4 Å².